The second-order valence-electron chi connectivity index (χ2n) is 5.66. The number of hydrogen-bond donors (Lipinski definition) is 0. The number of benzene rings is 2. The van der Waals surface area contributed by atoms with Crippen LogP contribution in [0.15, 0.2) is 65.0 Å². The molecular weight excluding hydrogens is 370 g/mol. The normalized spacial score (nSPS) is 11.3. The van der Waals surface area contributed by atoms with Crippen LogP contribution in [0.1, 0.15) is 20.9 Å². The highest BCUT2D eigenvalue weighted by Gasteiger charge is 2.17. The van der Waals surface area contributed by atoms with E-state index in [1.807, 2.05) is 0 Å². The van der Waals surface area contributed by atoms with Crippen molar-refractivity contribution >= 4 is 27.0 Å². The van der Waals surface area contributed by atoms with Gasteiger partial charge >= 0.3 is 0 Å². The third-order valence-corrected chi connectivity index (χ3v) is 6.44. The lowest BCUT2D eigenvalue weighted by molar-refractivity contribution is 0.0992. The number of ketones is 1. The minimum atomic E-state index is -3.44. The molecule has 26 heavy (non-hydrogen) atoms. The summed E-state index contributed by atoms with van der Waals surface area (Å²) in [7, 11) is -1.89. The zero-order chi connectivity index (χ0) is 18.6. The van der Waals surface area contributed by atoms with Gasteiger partial charge in [0.05, 0.1) is 12.0 Å². The molecule has 2 aromatic carbocycles. The van der Waals surface area contributed by atoms with Crippen molar-refractivity contribution in [2.45, 2.75) is 17.1 Å². The molecule has 0 saturated carbocycles. The Balaban J connectivity index is 1.72. The molecule has 0 aliphatic carbocycles. The summed E-state index contributed by atoms with van der Waals surface area (Å²) in [5.74, 6) is 0.453. The number of thiazole rings is 1. The van der Waals surface area contributed by atoms with Crippen LogP contribution in [0.25, 0.3) is 0 Å². The van der Waals surface area contributed by atoms with E-state index in [4.69, 9.17) is 4.74 Å². The van der Waals surface area contributed by atoms with E-state index in [1.165, 1.54) is 23.5 Å². The monoisotopic (exact) mass is 387 g/mol. The molecule has 0 saturated heterocycles. The molecule has 0 aliphatic rings. The van der Waals surface area contributed by atoms with Gasteiger partial charge < -0.3 is 4.74 Å². The molecule has 0 atom stereocenters. The quantitative estimate of drug-likeness (QED) is 0.580. The Bertz CT molecular complexity index is 994. The maximum atomic E-state index is 12.4. The number of carbonyl (C=O) groups is 1. The van der Waals surface area contributed by atoms with Gasteiger partial charge in [-0.15, -0.1) is 11.3 Å². The lowest BCUT2D eigenvalue weighted by Gasteiger charge is -2.06. The average molecular weight is 387 g/mol. The first-order valence-corrected chi connectivity index (χ1v) is 10.4. The zero-order valence-electron chi connectivity index (χ0n) is 14.1. The number of Topliss-reactive ketones (excluding diaryl/α,β-unsaturated/α-hetero) is 1. The third-order valence-electron chi connectivity index (χ3n) is 3.84. The lowest BCUT2D eigenvalue weighted by atomic mass is 10.0. The summed E-state index contributed by atoms with van der Waals surface area (Å²) in [5.41, 5.74) is 1.32. The summed E-state index contributed by atoms with van der Waals surface area (Å²) in [6.45, 7) is 0. The lowest BCUT2D eigenvalue weighted by Crippen LogP contribution is -2.06. The number of nitrogens with zero attached hydrogens (tertiary/aromatic N) is 1. The van der Waals surface area contributed by atoms with E-state index in [2.05, 4.69) is 4.98 Å². The van der Waals surface area contributed by atoms with Crippen molar-refractivity contribution in [1.82, 2.24) is 4.98 Å². The molecule has 134 valence electrons. The van der Waals surface area contributed by atoms with Crippen LogP contribution in [0, 0.1) is 0 Å². The molecular formula is C19H17NO4S2. The average Bonchev–Trinajstić information content (AvgIpc) is 3.14. The third kappa shape index (κ3) is 4.36. The van der Waals surface area contributed by atoms with Gasteiger partial charge in [0.2, 0.25) is 0 Å². The molecule has 0 fully saturated rings. The molecule has 3 rings (SSSR count). The summed E-state index contributed by atoms with van der Waals surface area (Å²) < 4.78 is 29.9. The predicted molar refractivity (Wildman–Crippen MR) is 100 cm³/mol. The molecule has 1 heterocycles. The summed E-state index contributed by atoms with van der Waals surface area (Å²) >= 11 is 1.31. The van der Waals surface area contributed by atoms with Crippen LogP contribution in [0.4, 0.5) is 0 Å². The van der Waals surface area contributed by atoms with Gasteiger partial charge in [-0.2, -0.15) is 0 Å². The second-order valence-corrected chi connectivity index (χ2v) is 8.63. The summed E-state index contributed by atoms with van der Waals surface area (Å²) in [4.78, 5) is 16.6. The SMILES string of the molecule is COc1cccc(C(=O)Cc2ccc(S(=O)(=O)Cc3nccs3)cc2)c1. The van der Waals surface area contributed by atoms with Crippen LogP contribution in [-0.2, 0) is 22.0 Å². The Kier molecular flexibility index (Phi) is 5.49. The minimum absolute atomic E-state index is 0.0534. The maximum absolute atomic E-state index is 12.4. The van der Waals surface area contributed by atoms with E-state index in [9.17, 15) is 13.2 Å². The number of ether oxygens (including phenoxy) is 1. The maximum Gasteiger partial charge on any atom is 0.184 e. The smallest absolute Gasteiger partial charge is 0.184 e. The van der Waals surface area contributed by atoms with Crippen LogP contribution >= 0.6 is 11.3 Å². The van der Waals surface area contributed by atoms with E-state index in [0.717, 1.165) is 5.56 Å². The number of rotatable bonds is 7. The summed E-state index contributed by atoms with van der Waals surface area (Å²) in [6.07, 6.45) is 1.78. The Hall–Kier alpha value is -2.51. The number of carbonyl (C=O) groups excluding carboxylic acids is 1. The second kappa shape index (κ2) is 7.80. The van der Waals surface area contributed by atoms with Crippen molar-refractivity contribution in [1.29, 1.82) is 0 Å². The van der Waals surface area contributed by atoms with Crippen LogP contribution in [0.2, 0.25) is 0 Å². The van der Waals surface area contributed by atoms with Crippen LogP contribution in [0.3, 0.4) is 0 Å². The van der Waals surface area contributed by atoms with Crippen molar-refractivity contribution in [2.24, 2.45) is 0 Å². The van der Waals surface area contributed by atoms with Gasteiger partial charge in [-0.05, 0) is 29.8 Å². The molecule has 3 aromatic rings. The Morgan fingerprint density at radius 1 is 1.15 bits per heavy atom. The molecule has 0 unspecified atom stereocenters. The van der Waals surface area contributed by atoms with E-state index in [-0.39, 0.29) is 22.9 Å². The van der Waals surface area contributed by atoms with Gasteiger partial charge in [0.15, 0.2) is 15.6 Å². The van der Waals surface area contributed by atoms with Gasteiger partial charge in [0.25, 0.3) is 0 Å². The Labute approximate surface area is 156 Å². The Morgan fingerprint density at radius 2 is 1.92 bits per heavy atom. The molecule has 0 N–H and O–H groups in total. The first-order valence-electron chi connectivity index (χ1n) is 7.85. The standard InChI is InChI=1S/C19H17NO4S2/c1-24-16-4-2-3-15(12-16)18(21)11-14-5-7-17(8-6-14)26(22,23)13-19-20-9-10-25-19/h2-10,12H,11,13H2,1H3. The number of aromatic nitrogens is 1. The van der Waals surface area contributed by atoms with Gasteiger partial charge in [-0.3, -0.25) is 4.79 Å². The number of hydrogen-bond acceptors (Lipinski definition) is 6. The zero-order valence-corrected chi connectivity index (χ0v) is 15.7. The highest BCUT2D eigenvalue weighted by atomic mass is 32.2. The van der Waals surface area contributed by atoms with Crippen molar-refractivity contribution in [3.05, 3.63) is 76.2 Å². The molecule has 1 aromatic heterocycles. The minimum Gasteiger partial charge on any atom is -0.497 e. The van der Waals surface area contributed by atoms with Gasteiger partial charge in [0, 0.05) is 23.6 Å². The Morgan fingerprint density at radius 3 is 2.58 bits per heavy atom. The molecule has 0 amide bonds. The fourth-order valence-corrected chi connectivity index (χ4v) is 4.72. The molecule has 0 radical (unpaired) electrons. The van der Waals surface area contributed by atoms with Crippen LogP contribution in [-0.4, -0.2) is 26.3 Å². The van der Waals surface area contributed by atoms with Crippen molar-refractivity contribution < 1.29 is 17.9 Å². The summed E-state index contributed by atoms with van der Waals surface area (Å²) in [6, 6.07) is 13.4. The molecule has 0 bridgehead atoms. The highest BCUT2D eigenvalue weighted by Crippen LogP contribution is 2.20. The van der Waals surface area contributed by atoms with Crippen LogP contribution in [0.5, 0.6) is 5.75 Å². The topological polar surface area (TPSA) is 73.3 Å². The van der Waals surface area contributed by atoms with Crippen molar-refractivity contribution in [2.75, 3.05) is 7.11 Å². The fourth-order valence-electron chi connectivity index (χ4n) is 2.47. The van der Waals surface area contributed by atoms with E-state index in [1.54, 1.807) is 55.1 Å². The van der Waals surface area contributed by atoms with E-state index < -0.39 is 9.84 Å². The van der Waals surface area contributed by atoms with E-state index in [0.29, 0.717) is 16.3 Å². The van der Waals surface area contributed by atoms with Gasteiger partial charge in [-0.1, -0.05) is 24.3 Å². The predicted octanol–water partition coefficient (Wildman–Crippen LogP) is 3.55. The molecule has 0 spiro atoms. The summed E-state index contributed by atoms with van der Waals surface area (Å²) in [5, 5.41) is 2.31. The fraction of sp³-hybridized carbons (Fsp3) is 0.158. The molecule has 0 aliphatic heterocycles. The number of methoxy groups -OCH3 is 1. The first-order chi connectivity index (χ1) is 12.5. The highest BCUT2D eigenvalue weighted by molar-refractivity contribution is 7.90. The largest absolute Gasteiger partial charge is 0.497 e. The molecule has 5 nitrogen and oxygen atoms in total. The van der Waals surface area contributed by atoms with E-state index >= 15 is 0 Å². The van der Waals surface area contributed by atoms with Gasteiger partial charge in [0.1, 0.15) is 16.5 Å². The number of sulfone groups is 1. The van der Waals surface area contributed by atoms with Crippen molar-refractivity contribution in [3.63, 3.8) is 0 Å². The van der Waals surface area contributed by atoms with Crippen LogP contribution < -0.4 is 4.74 Å². The van der Waals surface area contributed by atoms with Gasteiger partial charge in [-0.25, -0.2) is 13.4 Å². The first kappa shape index (κ1) is 18.3. The molecule has 7 heteroatoms. The van der Waals surface area contributed by atoms with Crippen molar-refractivity contribution in [3.8, 4) is 5.75 Å².